The van der Waals surface area contributed by atoms with Crippen LogP contribution in [0.3, 0.4) is 0 Å². The van der Waals surface area contributed by atoms with Gasteiger partial charge in [-0.15, -0.1) is 0 Å². The van der Waals surface area contributed by atoms with Gasteiger partial charge < -0.3 is 9.84 Å². The summed E-state index contributed by atoms with van der Waals surface area (Å²) in [6.45, 7) is 2.89. The zero-order valence-electron chi connectivity index (χ0n) is 13.8. The number of hydrogen-bond donors (Lipinski definition) is 1. The van der Waals surface area contributed by atoms with Crippen LogP contribution in [0.4, 0.5) is 0 Å². The zero-order valence-corrected chi connectivity index (χ0v) is 14.6. The third-order valence-corrected chi connectivity index (χ3v) is 4.80. The second-order valence-corrected chi connectivity index (χ2v) is 6.53. The standard InChI is InChI=1S/C17H25ClN2O3/c1-19(12-17(21)22)14-4-3-8-20(9-7-14)11-13-5-6-15(23-2)10-16(13)18/h5-6,10,14H,3-4,7-9,11-12H2,1-2H3,(H,21,22). The van der Waals surface area contributed by atoms with Crippen LogP contribution in [-0.4, -0.2) is 60.7 Å². The second kappa shape index (κ2) is 8.52. The highest BCUT2D eigenvalue weighted by atomic mass is 35.5. The Balaban J connectivity index is 1.92. The maximum absolute atomic E-state index is 10.9. The number of benzene rings is 1. The van der Waals surface area contributed by atoms with Gasteiger partial charge in [0, 0.05) is 17.6 Å². The molecule has 1 heterocycles. The summed E-state index contributed by atoms with van der Waals surface area (Å²) in [5, 5.41) is 9.66. The van der Waals surface area contributed by atoms with Crippen molar-refractivity contribution in [1.29, 1.82) is 0 Å². The molecule has 0 amide bonds. The van der Waals surface area contributed by atoms with E-state index in [9.17, 15) is 4.79 Å². The molecule has 1 unspecified atom stereocenters. The summed E-state index contributed by atoms with van der Waals surface area (Å²) >= 11 is 6.32. The topological polar surface area (TPSA) is 53.0 Å². The Morgan fingerprint density at radius 1 is 1.43 bits per heavy atom. The number of hydrogen-bond acceptors (Lipinski definition) is 4. The molecule has 1 atom stereocenters. The van der Waals surface area contributed by atoms with Gasteiger partial charge in [0.05, 0.1) is 13.7 Å². The first kappa shape index (κ1) is 18.0. The Morgan fingerprint density at radius 3 is 2.87 bits per heavy atom. The number of halogens is 1. The van der Waals surface area contributed by atoms with Gasteiger partial charge in [-0.2, -0.15) is 0 Å². The number of ether oxygens (including phenoxy) is 1. The van der Waals surface area contributed by atoms with Crippen molar-refractivity contribution < 1.29 is 14.6 Å². The lowest BCUT2D eigenvalue weighted by Crippen LogP contribution is -2.36. The molecule has 23 heavy (non-hydrogen) atoms. The highest BCUT2D eigenvalue weighted by Crippen LogP contribution is 2.25. The van der Waals surface area contributed by atoms with Gasteiger partial charge in [-0.1, -0.05) is 17.7 Å². The molecular formula is C17H25ClN2O3. The summed E-state index contributed by atoms with van der Waals surface area (Å²) in [6, 6.07) is 6.13. The number of likely N-dealkylation sites (N-methyl/N-ethyl adjacent to an activating group) is 1. The van der Waals surface area contributed by atoms with Gasteiger partial charge in [0.1, 0.15) is 5.75 Å². The molecule has 0 aromatic heterocycles. The van der Waals surface area contributed by atoms with Crippen molar-refractivity contribution in [3.63, 3.8) is 0 Å². The molecule has 0 radical (unpaired) electrons. The quantitative estimate of drug-likeness (QED) is 0.863. The van der Waals surface area contributed by atoms with Gasteiger partial charge in [0.15, 0.2) is 0 Å². The second-order valence-electron chi connectivity index (χ2n) is 6.13. The summed E-state index contributed by atoms with van der Waals surface area (Å²) in [6.07, 6.45) is 3.09. The first-order valence-corrected chi connectivity index (χ1v) is 8.34. The molecule has 128 valence electrons. The summed E-state index contributed by atoms with van der Waals surface area (Å²) in [4.78, 5) is 15.2. The van der Waals surface area contributed by atoms with Gasteiger partial charge in [0.2, 0.25) is 0 Å². The molecular weight excluding hydrogens is 316 g/mol. The van der Waals surface area contributed by atoms with E-state index in [0.717, 1.165) is 55.2 Å². The van der Waals surface area contributed by atoms with Crippen LogP contribution in [0.1, 0.15) is 24.8 Å². The van der Waals surface area contributed by atoms with E-state index in [4.69, 9.17) is 21.4 Å². The fraction of sp³-hybridized carbons (Fsp3) is 0.588. The number of aliphatic carboxylic acids is 1. The van der Waals surface area contributed by atoms with Gasteiger partial charge in [-0.05, 0) is 57.1 Å². The smallest absolute Gasteiger partial charge is 0.317 e. The van der Waals surface area contributed by atoms with Crippen LogP contribution in [0.15, 0.2) is 18.2 Å². The van der Waals surface area contributed by atoms with Crippen LogP contribution in [0, 0.1) is 0 Å². The fourth-order valence-electron chi connectivity index (χ4n) is 3.10. The molecule has 1 fully saturated rings. The third kappa shape index (κ3) is 5.37. The Morgan fingerprint density at radius 2 is 2.22 bits per heavy atom. The molecule has 0 saturated carbocycles. The third-order valence-electron chi connectivity index (χ3n) is 4.45. The van der Waals surface area contributed by atoms with Crippen LogP contribution < -0.4 is 4.74 Å². The van der Waals surface area contributed by atoms with Crippen molar-refractivity contribution in [1.82, 2.24) is 9.80 Å². The summed E-state index contributed by atoms with van der Waals surface area (Å²) in [5.74, 6) is 0.00333. The summed E-state index contributed by atoms with van der Waals surface area (Å²) < 4.78 is 5.18. The average molecular weight is 341 g/mol. The number of likely N-dealkylation sites (tertiary alicyclic amines) is 1. The molecule has 1 aliphatic heterocycles. The van der Waals surface area contributed by atoms with E-state index in [0.29, 0.717) is 6.04 Å². The maximum Gasteiger partial charge on any atom is 0.317 e. The van der Waals surface area contributed by atoms with Crippen molar-refractivity contribution in [2.45, 2.75) is 31.8 Å². The lowest BCUT2D eigenvalue weighted by atomic mass is 10.1. The number of rotatable bonds is 6. The molecule has 1 aromatic carbocycles. The van der Waals surface area contributed by atoms with E-state index in [1.807, 2.05) is 30.1 Å². The van der Waals surface area contributed by atoms with Crippen LogP contribution in [-0.2, 0) is 11.3 Å². The minimum atomic E-state index is -0.765. The lowest BCUT2D eigenvalue weighted by molar-refractivity contribution is -0.138. The minimum absolute atomic E-state index is 0.106. The average Bonchev–Trinajstić information content (AvgIpc) is 2.74. The number of carboxylic acid groups (broad SMARTS) is 1. The Labute approximate surface area is 142 Å². The Bertz CT molecular complexity index is 539. The molecule has 2 rings (SSSR count). The predicted octanol–water partition coefficient (Wildman–Crippen LogP) is 2.72. The molecule has 0 aliphatic carbocycles. The SMILES string of the molecule is COc1ccc(CN2CCCC(N(C)CC(=O)O)CC2)c(Cl)c1. The first-order chi connectivity index (χ1) is 11.0. The highest BCUT2D eigenvalue weighted by Gasteiger charge is 2.22. The van der Waals surface area contributed by atoms with Crippen LogP contribution in [0.5, 0.6) is 5.75 Å². The van der Waals surface area contributed by atoms with Crippen LogP contribution in [0.2, 0.25) is 5.02 Å². The lowest BCUT2D eigenvalue weighted by Gasteiger charge is -2.25. The largest absolute Gasteiger partial charge is 0.497 e. The van der Waals surface area contributed by atoms with Crippen molar-refractivity contribution >= 4 is 17.6 Å². The van der Waals surface area contributed by atoms with Crippen molar-refractivity contribution in [3.8, 4) is 5.75 Å². The minimum Gasteiger partial charge on any atom is -0.497 e. The highest BCUT2D eigenvalue weighted by molar-refractivity contribution is 6.31. The summed E-state index contributed by atoms with van der Waals surface area (Å²) in [7, 11) is 3.53. The molecule has 5 nitrogen and oxygen atoms in total. The molecule has 1 aliphatic rings. The molecule has 1 N–H and O–H groups in total. The predicted molar refractivity (Wildman–Crippen MR) is 91.2 cm³/mol. The van der Waals surface area contributed by atoms with Crippen LogP contribution in [0.25, 0.3) is 0 Å². The normalized spacial score (nSPS) is 19.6. The molecule has 0 spiro atoms. The van der Waals surface area contributed by atoms with E-state index in [1.165, 1.54) is 0 Å². The van der Waals surface area contributed by atoms with E-state index >= 15 is 0 Å². The van der Waals surface area contributed by atoms with Crippen molar-refractivity contribution in [3.05, 3.63) is 28.8 Å². The first-order valence-electron chi connectivity index (χ1n) is 7.96. The van der Waals surface area contributed by atoms with E-state index < -0.39 is 5.97 Å². The number of carboxylic acids is 1. The van der Waals surface area contributed by atoms with Crippen molar-refractivity contribution in [2.24, 2.45) is 0 Å². The van der Waals surface area contributed by atoms with Gasteiger partial charge in [0.25, 0.3) is 0 Å². The van der Waals surface area contributed by atoms with Crippen LogP contribution >= 0.6 is 11.6 Å². The van der Waals surface area contributed by atoms with E-state index in [1.54, 1.807) is 7.11 Å². The monoisotopic (exact) mass is 340 g/mol. The maximum atomic E-state index is 10.9. The Hall–Kier alpha value is -1.30. The van der Waals surface area contributed by atoms with E-state index in [2.05, 4.69) is 4.90 Å². The molecule has 6 heteroatoms. The van der Waals surface area contributed by atoms with Gasteiger partial charge in [-0.3, -0.25) is 14.6 Å². The number of nitrogens with zero attached hydrogens (tertiary/aromatic N) is 2. The van der Waals surface area contributed by atoms with Gasteiger partial charge in [-0.25, -0.2) is 0 Å². The Kier molecular flexibility index (Phi) is 6.69. The van der Waals surface area contributed by atoms with Crippen molar-refractivity contribution in [2.75, 3.05) is 33.8 Å². The number of carbonyl (C=O) groups is 1. The molecule has 1 aromatic rings. The fourth-order valence-corrected chi connectivity index (χ4v) is 3.33. The number of methoxy groups -OCH3 is 1. The molecule has 1 saturated heterocycles. The summed E-state index contributed by atoms with van der Waals surface area (Å²) in [5.41, 5.74) is 1.10. The zero-order chi connectivity index (χ0) is 16.8. The molecule has 0 bridgehead atoms. The van der Waals surface area contributed by atoms with E-state index in [-0.39, 0.29) is 6.54 Å². The van der Waals surface area contributed by atoms with Gasteiger partial charge >= 0.3 is 5.97 Å².